The molecule has 0 spiro atoms. The summed E-state index contributed by atoms with van der Waals surface area (Å²) in [7, 11) is 0. The predicted octanol–water partition coefficient (Wildman–Crippen LogP) is 1.66. The summed E-state index contributed by atoms with van der Waals surface area (Å²) in [6.45, 7) is 0.212. The molecule has 0 N–H and O–H groups in total. The van der Waals surface area contributed by atoms with E-state index in [0.717, 1.165) is 0 Å². The first-order valence-electron chi connectivity index (χ1n) is 3.50. The lowest BCUT2D eigenvalue weighted by molar-refractivity contribution is -0.131. The maximum absolute atomic E-state index is 10.3. The number of ether oxygens (including phenoxy) is 1. The van der Waals surface area contributed by atoms with E-state index in [1.807, 2.05) is 0 Å². The van der Waals surface area contributed by atoms with E-state index in [0.29, 0.717) is 10.6 Å². The van der Waals surface area contributed by atoms with E-state index in [4.69, 9.17) is 11.6 Å². The predicted molar refractivity (Wildman–Crippen MR) is 47.0 cm³/mol. The number of benzene rings is 1. The second kappa shape index (κ2) is 4.62. The summed E-state index contributed by atoms with van der Waals surface area (Å²) >= 11 is 5.63. The van der Waals surface area contributed by atoms with Gasteiger partial charge in [-0.2, -0.15) is 0 Å². The van der Waals surface area contributed by atoms with Crippen LogP contribution in [0, 0.1) is 0 Å². The molecule has 1 unspecified atom stereocenters. The molecule has 0 saturated heterocycles. The van der Waals surface area contributed by atoms with E-state index in [-0.39, 0.29) is 6.47 Å². The van der Waals surface area contributed by atoms with Crippen LogP contribution in [0.5, 0.6) is 0 Å². The Morgan fingerprint density at radius 1 is 1.38 bits per heavy atom. The Bertz CT molecular complexity index is 294. The molecule has 0 fully saturated rings. The summed E-state index contributed by atoms with van der Waals surface area (Å²) in [6.07, 6.45) is 0.629. The summed E-state index contributed by atoms with van der Waals surface area (Å²) in [5.41, 5.74) is 0.548. The number of hydrogen-bond acceptors (Lipinski definition) is 3. The van der Waals surface area contributed by atoms with Crippen LogP contribution in [0.15, 0.2) is 24.3 Å². The monoisotopic (exact) mass is 197 g/mol. The first kappa shape index (κ1) is 9.74. The fraction of sp³-hybridized carbons (Fsp3) is 0.111. The van der Waals surface area contributed by atoms with Gasteiger partial charge in [-0.15, -0.1) is 0 Å². The van der Waals surface area contributed by atoms with Crippen LogP contribution in [0.3, 0.4) is 0 Å². The van der Waals surface area contributed by atoms with Crippen LogP contribution >= 0.6 is 11.6 Å². The maximum atomic E-state index is 10.3. The lowest BCUT2D eigenvalue weighted by atomic mass is 10.1. The van der Waals surface area contributed by atoms with Gasteiger partial charge in [0.15, 0.2) is 6.10 Å². The van der Waals surface area contributed by atoms with E-state index < -0.39 is 6.10 Å². The quantitative estimate of drug-likeness (QED) is 0.690. The minimum Gasteiger partial charge on any atom is -0.451 e. The number of rotatable bonds is 4. The lowest BCUT2D eigenvalue weighted by Gasteiger charge is -2.06. The zero-order valence-corrected chi connectivity index (χ0v) is 7.32. The molecule has 0 aliphatic carbocycles. The Kier molecular flexibility index (Phi) is 3.46. The molecule has 0 bridgehead atoms. The van der Waals surface area contributed by atoms with Gasteiger partial charge in [-0.25, -0.2) is 0 Å². The summed E-state index contributed by atoms with van der Waals surface area (Å²) < 4.78 is 4.47. The van der Waals surface area contributed by atoms with E-state index in [9.17, 15) is 9.59 Å². The zero-order valence-electron chi connectivity index (χ0n) is 6.57. The third-order valence-corrected chi connectivity index (χ3v) is 1.72. The molecule has 0 amide bonds. The molecule has 0 saturated carbocycles. The van der Waals surface area contributed by atoms with Crippen LogP contribution < -0.4 is 0 Å². The summed E-state index contributed by atoms with van der Waals surface area (Å²) in [5, 5.41) is 0.555. The normalized spacial score (nSPS) is 11.8. The van der Waals surface area contributed by atoms with Gasteiger partial charge in [-0.05, 0) is 12.1 Å². The van der Waals surface area contributed by atoms with Crippen molar-refractivity contribution in [3.63, 3.8) is 0 Å². The average molecular weight is 198 g/mol. The largest absolute Gasteiger partial charge is 0.451 e. The first-order chi connectivity index (χ1) is 6.27. The van der Waals surface area contributed by atoms with E-state index >= 15 is 0 Å². The number of hydrogen-bond donors (Lipinski definition) is 0. The van der Waals surface area contributed by atoms with Crippen molar-refractivity contribution in [2.24, 2.45) is 0 Å². The van der Waals surface area contributed by atoms with Gasteiger partial charge in [0.25, 0.3) is 6.47 Å². The molecule has 1 rings (SSSR count). The van der Waals surface area contributed by atoms with Crippen LogP contribution in [0.2, 0.25) is 5.02 Å². The van der Waals surface area contributed by atoms with Gasteiger partial charge in [0, 0.05) is 10.6 Å². The van der Waals surface area contributed by atoms with Crippen molar-refractivity contribution >= 4 is 24.4 Å². The maximum Gasteiger partial charge on any atom is 0.294 e. The average Bonchev–Trinajstić information content (AvgIpc) is 2.16. The fourth-order valence-electron chi connectivity index (χ4n) is 0.868. The second-order valence-electron chi connectivity index (χ2n) is 2.28. The molecule has 1 atom stereocenters. The van der Waals surface area contributed by atoms with Gasteiger partial charge in [0.2, 0.25) is 6.29 Å². The molecule has 1 aromatic carbocycles. The molecular weight excluding hydrogens is 192 g/mol. The minimum absolute atomic E-state index is 0.212. The van der Waals surface area contributed by atoms with Crippen LogP contribution in [0.4, 0.5) is 0 Å². The molecular formula is C9H6ClO3. The highest BCUT2D eigenvalue weighted by Gasteiger charge is 2.10. The molecule has 13 heavy (non-hydrogen) atoms. The summed E-state index contributed by atoms with van der Waals surface area (Å²) in [4.78, 5) is 20.3. The van der Waals surface area contributed by atoms with Crippen molar-refractivity contribution in [2.75, 3.05) is 0 Å². The van der Waals surface area contributed by atoms with Gasteiger partial charge in [-0.3, -0.25) is 9.59 Å². The SMILES string of the molecule is O=[C]C(OC=O)c1ccc(Cl)cc1. The van der Waals surface area contributed by atoms with E-state index in [1.165, 1.54) is 0 Å². The van der Waals surface area contributed by atoms with Crippen molar-refractivity contribution in [1.29, 1.82) is 0 Å². The number of halogens is 1. The van der Waals surface area contributed by atoms with Crippen molar-refractivity contribution in [3.8, 4) is 0 Å². The van der Waals surface area contributed by atoms with Gasteiger partial charge >= 0.3 is 0 Å². The van der Waals surface area contributed by atoms with Crippen molar-refractivity contribution in [3.05, 3.63) is 34.9 Å². The Hall–Kier alpha value is -1.35. The highest BCUT2D eigenvalue weighted by Crippen LogP contribution is 2.17. The minimum atomic E-state index is -0.963. The number of carbonyl (C=O) groups excluding carboxylic acids is 2. The van der Waals surface area contributed by atoms with Crippen LogP contribution in [0.1, 0.15) is 11.7 Å². The highest BCUT2D eigenvalue weighted by molar-refractivity contribution is 6.30. The number of carbonyl (C=O) groups is 1. The first-order valence-corrected chi connectivity index (χ1v) is 3.88. The third kappa shape index (κ3) is 2.56. The molecule has 0 aliphatic rings. The summed E-state index contributed by atoms with van der Waals surface area (Å²) in [6, 6.07) is 6.41. The smallest absolute Gasteiger partial charge is 0.294 e. The molecule has 67 valence electrons. The van der Waals surface area contributed by atoms with Crippen molar-refractivity contribution < 1.29 is 14.3 Å². The Morgan fingerprint density at radius 3 is 2.46 bits per heavy atom. The molecule has 3 nitrogen and oxygen atoms in total. The Balaban J connectivity index is 2.84. The van der Waals surface area contributed by atoms with Gasteiger partial charge in [0.05, 0.1) is 0 Å². The Labute approximate surface area is 80.3 Å². The van der Waals surface area contributed by atoms with E-state index in [2.05, 4.69) is 4.74 Å². The van der Waals surface area contributed by atoms with Crippen LogP contribution in [-0.4, -0.2) is 12.8 Å². The standard InChI is InChI=1S/C9H6ClO3/c10-8-3-1-7(2-4-8)9(5-11)13-6-12/h1-4,6,9H. The van der Waals surface area contributed by atoms with Crippen LogP contribution in [-0.2, 0) is 14.3 Å². The van der Waals surface area contributed by atoms with Crippen LogP contribution in [0.25, 0.3) is 0 Å². The highest BCUT2D eigenvalue weighted by atomic mass is 35.5. The van der Waals surface area contributed by atoms with E-state index in [1.54, 1.807) is 30.6 Å². The fourth-order valence-corrected chi connectivity index (χ4v) is 0.994. The Morgan fingerprint density at radius 2 is 2.00 bits per heavy atom. The second-order valence-corrected chi connectivity index (χ2v) is 2.72. The molecule has 1 aromatic rings. The zero-order chi connectivity index (χ0) is 9.68. The van der Waals surface area contributed by atoms with Gasteiger partial charge in [-0.1, -0.05) is 23.7 Å². The molecule has 4 heteroatoms. The topological polar surface area (TPSA) is 43.4 Å². The van der Waals surface area contributed by atoms with Crippen molar-refractivity contribution in [2.45, 2.75) is 6.10 Å². The summed E-state index contributed by atoms with van der Waals surface area (Å²) in [5.74, 6) is 0. The molecule has 0 aromatic heterocycles. The van der Waals surface area contributed by atoms with Gasteiger partial charge in [0.1, 0.15) is 0 Å². The molecule has 1 radical (unpaired) electrons. The van der Waals surface area contributed by atoms with Gasteiger partial charge < -0.3 is 4.74 Å². The van der Waals surface area contributed by atoms with Crippen molar-refractivity contribution in [1.82, 2.24) is 0 Å². The lowest BCUT2D eigenvalue weighted by Crippen LogP contribution is -2.03. The molecule has 0 heterocycles. The third-order valence-electron chi connectivity index (χ3n) is 1.47. The molecule has 0 aliphatic heterocycles.